The van der Waals surface area contributed by atoms with E-state index in [0.29, 0.717) is 24.8 Å². The van der Waals surface area contributed by atoms with Gasteiger partial charge < -0.3 is 14.2 Å². The summed E-state index contributed by atoms with van der Waals surface area (Å²) in [7, 11) is 0. The monoisotopic (exact) mass is 262 g/mol. The van der Waals surface area contributed by atoms with E-state index in [1.807, 2.05) is 11.8 Å². The van der Waals surface area contributed by atoms with Gasteiger partial charge in [-0.15, -0.1) is 0 Å². The van der Waals surface area contributed by atoms with E-state index in [0.717, 1.165) is 19.5 Å². The predicted molar refractivity (Wildman–Crippen MR) is 68.5 cm³/mol. The molecule has 102 valence electrons. The highest BCUT2D eigenvalue weighted by Crippen LogP contribution is 2.32. The lowest BCUT2D eigenvalue weighted by Gasteiger charge is -2.32. The van der Waals surface area contributed by atoms with E-state index >= 15 is 0 Å². The molecule has 0 aromatic carbocycles. The van der Waals surface area contributed by atoms with E-state index in [9.17, 15) is 9.59 Å². The zero-order chi connectivity index (χ0) is 13.4. The lowest BCUT2D eigenvalue weighted by Crippen LogP contribution is -2.45. The van der Waals surface area contributed by atoms with Crippen molar-refractivity contribution in [1.29, 1.82) is 0 Å². The Hall–Kier alpha value is -1.78. The van der Waals surface area contributed by atoms with Crippen molar-refractivity contribution in [3.8, 4) is 0 Å². The first-order valence-electron chi connectivity index (χ1n) is 6.82. The van der Waals surface area contributed by atoms with E-state index in [1.54, 1.807) is 17.0 Å². The molecule has 0 bridgehead atoms. The molecule has 0 radical (unpaired) electrons. The van der Waals surface area contributed by atoms with E-state index in [1.165, 1.54) is 6.26 Å². The van der Waals surface area contributed by atoms with E-state index in [2.05, 4.69) is 0 Å². The summed E-state index contributed by atoms with van der Waals surface area (Å²) in [5.74, 6) is 0.754. The number of hydrogen-bond acceptors (Lipinski definition) is 3. The molecule has 1 aromatic rings. The number of likely N-dealkylation sites (tertiary alicyclic amines) is 2. The van der Waals surface area contributed by atoms with Crippen LogP contribution in [0.1, 0.15) is 23.9 Å². The maximum absolute atomic E-state index is 12.3. The number of carbonyl (C=O) groups excluding carboxylic acids is 2. The molecule has 3 heterocycles. The van der Waals surface area contributed by atoms with Crippen LogP contribution in [0.5, 0.6) is 0 Å². The van der Waals surface area contributed by atoms with Crippen molar-refractivity contribution < 1.29 is 14.0 Å². The Labute approximate surface area is 112 Å². The molecule has 2 aliphatic rings. The van der Waals surface area contributed by atoms with Crippen LogP contribution in [-0.4, -0.2) is 47.8 Å². The standard InChI is InChI=1S/C14H18N2O3/c1-2-15-6-5-10-8-16(9-11(10)13(15)17)14(18)12-4-3-7-19-12/h3-4,7,10-11H,2,5-6,8-9H2,1H3/t10-,11+/m1/s1. The maximum atomic E-state index is 12.3. The number of carbonyl (C=O) groups is 2. The fraction of sp³-hybridized carbons (Fsp3) is 0.571. The second kappa shape index (κ2) is 4.72. The number of fused-ring (bicyclic) bond motifs is 1. The Bertz CT molecular complexity index is 483. The fourth-order valence-corrected chi connectivity index (χ4v) is 3.15. The van der Waals surface area contributed by atoms with Crippen LogP contribution in [-0.2, 0) is 4.79 Å². The van der Waals surface area contributed by atoms with Crippen molar-refractivity contribution in [3.05, 3.63) is 24.2 Å². The molecule has 0 N–H and O–H groups in total. The molecule has 5 heteroatoms. The summed E-state index contributed by atoms with van der Waals surface area (Å²) in [6, 6.07) is 3.38. The number of piperidine rings is 1. The molecular formula is C14H18N2O3. The minimum absolute atomic E-state index is 0.0207. The van der Waals surface area contributed by atoms with Gasteiger partial charge in [-0.2, -0.15) is 0 Å². The van der Waals surface area contributed by atoms with Gasteiger partial charge in [0.05, 0.1) is 12.2 Å². The number of furan rings is 1. The molecule has 0 spiro atoms. The summed E-state index contributed by atoms with van der Waals surface area (Å²) >= 11 is 0. The third-order valence-corrected chi connectivity index (χ3v) is 4.24. The van der Waals surface area contributed by atoms with Crippen LogP contribution in [0.25, 0.3) is 0 Å². The average molecular weight is 262 g/mol. The third-order valence-electron chi connectivity index (χ3n) is 4.24. The van der Waals surface area contributed by atoms with Gasteiger partial charge >= 0.3 is 0 Å². The highest BCUT2D eigenvalue weighted by Gasteiger charge is 2.44. The Morgan fingerprint density at radius 2 is 2.32 bits per heavy atom. The average Bonchev–Trinajstić information content (AvgIpc) is 3.08. The SMILES string of the molecule is CCN1CC[C@@H]2CN(C(=O)c3ccco3)C[C@@H]2C1=O. The molecule has 19 heavy (non-hydrogen) atoms. The van der Waals surface area contributed by atoms with E-state index in [4.69, 9.17) is 4.42 Å². The smallest absolute Gasteiger partial charge is 0.289 e. The van der Waals surface area contributed by atoms with Gasteiger partial charge in [0.2, 0.25) is 5.91 Å². The lowest BCUT2D eigenvalue weighted by atomic mass is 9.88. The van der Waals surface area contributed by atoms with Crippen LogP contribution >= 0.6 is 0 Å². The minimum atomic E-state index is -0.102. The Kier molecular flexibility index (Phi) is 3.05. The Balaban J connectivity index is 1.73. The van der Waals surface area contributed by atoms with Crippen LogP contribution < -0.4 is 0 Å². The van der Waals surface area contributed by atoms with Gasteiger partial charge in [-0.1, -0.05) is 0 Å². The second-order valence-electron chi connectivity index (χ2n) is 5.26. The van der Waals surface area contributed by atoms with Crippen molar-refractivity contribution in [2.75, 3.05) is 26.2 Å². The van der Waals surface area contributed by atoms with Gasteiger partial charge in [-0.05, 0) is 31.4 Å². The fourth-order valence-electron chi connectivity index (χ4n) is 3.15. The number of hydrogen-bond donors (Lipinski definition) is 0. The molecular weight excluding hydrogens is 244 g/mol. The summed E-state index contributed by atoms with van der Waals surface area (Å²) < 4.78 is 5.14. The first-order valence-corrected chi connectivity index (χ1v) is 6.82. The van der Waals surface area contributed by atoms with E-state index in [-0.39, 0.29) is 17.7 Å². The minimum Gasteiger partial charge on any atom is -0.459 e. The van der Waals surface area contributed by atoms with Crippen molar-refractivity contribution in [1.82, 2.24) is 9.80 Å². The summed E-state index contributed by atoms with van der Waals surface area (Å²) in [5, 5.41) is 0. The summed E-state index contributed by atoms with van der Waals surface area (Å²) in [6.45, 7) is 4.78. The van der Waals surface area contributed by atoms with Crippen LogP contribution in [0.3, 0.4) is 0 Å². The zero-order valence-electron chi connectivity index (χ0n) is 11.0. The molecule has 2 fully saturated rings. The molecule has 3 rings (SSSR count). The maximum Gasteiger partial charge on any atom is 0.289 e. The van der Waals surface area contributed by atoms with Gasteiger partial charge in [0, 0.05) is 26.2 Å². The van der Waals surface area contributed by atoms with Crippen LogP contribution in [0.15, 0.2) is 22.8 Å². The zero-order valence-corrected chi connectivity index (χ0v) is 11.0. The number of amides is 2. The van der Waals surface area contributed by atoms with Crippen molar-refractivity contribution in [2.24, 2.45) is 11.8 Å². The molecule has 2 amide bonds. The largest absolute Gasteiger partial charge is 0.459 e. The number of nitrogens with zero attached hydrogens (tertiary/aromatic N) is 2. The summed E-state index contributed by atoms with van der Waals surface area (Å²) in [4.78, 5) is 28.1. The van der Waals surface area contributed by atoms with Gasteiger partial charge in [-0.25, -0.2) is 0 Å². The predicted octanol–water partition coefficient (Wildman–Crippen LogP) is 1.22. The molecule has 2 aliphatic heterocycles. The van der Waals surface area contributed by atoms with E-state index < -0.39 is 0 Å². The van der Waals surface area contributed by atoms with Crippen LogP contribution in [0.4, 0.5) is 0 Å². The van der Waals surface area contributed by atoms with Crippen LogP contribution in [0, 0.1) is 11.8 Å². The molecule has 1 aromatic heterocycles. The highest BCUT2D eigenvalue weighted by atomic mass is 16.3. The van der Waals surface area contributed by atoms with Crippen molar-refractivity contribution in [3.63, 3.8) is 0 Å². The Morgan fingerprint density at radius 3 is 3.00 bits per heavy atom. The molecule has 5 nitrogen and oxygen atoms in total. The summed E-state index contributed by atoms with van der Waals surface area (Å²) in [5.41, 5.74) is 0. The lowest BCUT2D eigenvalue weighted by molar-refractivity contribution is -0.139. The summed E-state index contributed by atoms with van der Waals surface area (Å²) in [6.07, 6.45) is 2.49. The molecule has 0 unspecified atom stereocenters. The molecule has 2 saturated heterocycles. The van der Waals surface area contributed by atoms with Crippen molar-refractivity contribution in [2.45, 2.75) is 13.3 Å². The first-order chi connectivity index (χ1) is 9.20. The van der Waals surface area contributed by atoms with Gasteiger partial charge in [0.1, 0.15) is 0 Å². The third kappa shape index (κ3) is 2.03. The molecule has 0 aliphatic carbocycles. The Morgan fingerprint density at radius 1 is 1.47 bits per heavy atom. The molecule has 2 atom stereocenters. The van der Waals surface area contributed by atoms with Crippen LogP contribution in [0.2, 0.25) is 0 Å². The normalized spacial score (nSPS) is 26.7. The quantitative estimate of drug-likeness (QED) is 0.805. The number of rotatable bonds is 2. The van der Waals surface area contributed by atoms with Crippen molar-refractivity contribution >= 4 is 11.8 Å². The van der Waals surface area contributed by atoms with Gasteiger partial charge in [-0.3, -0.25) is 9.59 Å². The van der Waals surface area contributed by atoms with Gasteiger partial charge in [0.15, 0.2) is 5.76 Å². The highest BCUT2D eigenvalue weighted by molar-refractivity contribution is 5.92. The first kappa shape index (κ1) is 12.3. The molecule has 0 saturated carbocycles. The van der Waals surface area contributed by atoms with Gasteiger partial charge in [0.25, 0.3) is 5.91 Å². The second-order valence-corrected chi connectivity index (χ2v) is 5.26. The topological polar surface area (TPSA) is 53.8 Å².